The largest absolute Gasteiger partial charge is 0.392 e. The first kappa shape index (κ1) is 7.70. The Morgan fingerprint density at radius 1 is 1.55 bits per heavy atom. The van der Waals surface area contributed by atoms with Crippen LogP contribution in [0.2, 0.25) is 0 Å². The van der Waals surface area contributed by atoms with Gasteiger partial charge in [0.15, 0.2) is 0 Å². The van der Waals surface area contributed by atoms with E-state index in [1.54, 1.807) is 0 Å². The highest BCUT2D eigenvalue weighted by Gasteiger charge is 1.89. The van der Waals surface area contributed by atoms with E-state index in [4.69, 9.17) is 5.73 Å². The number of hydrogen-bond acceptors (Lipinski definition) is 2. The van der Waals surface area contributed by atoms with Crippen molar-refractivity contribution in [2.75, 3.05) is 7.05 Å². The van der Waals surface area contributed by atoms with Crippen molar-refractivity contribution in [2.45, 2.75) is 6.92 Å². The molecule has 2 heteroatoms. The summed E-state index contributed by atoms with van der Waals surface area (Å²) in [6.07, 6.45) is 7.60. The van der Waals surface area contributed by atoms with Gasteiger partial charge in [-0.25, -0.2) is 0 Å². The SMILES string of the molecule is C/C1=C/N(C)/C=C\C(N)=C=C1. The maximum absolute atomic E-state index is 5.56. The molecular weight excluding hydrogens is 136 g/mol. The van der Waals surface area contributed by atoms with Crippen molar-refractivity contribution in [1.82, 2.24) is 4.90 Å². The van der Waals surface area contributed by atoms with Crippen LogP contribution in [0, 0.1) is 0 Å². The highest BCUT2D eigenvalue weighted by molar-refractivity contribution is 5.24. The summed E-state index contributed by atoms with van der Waals surface area (Å²) < 4.78 is 0. The van der Waals surface area contributed by atoms with Gasteiger partial charge in [0, 0.05) is 19.4 Å². The molecule has 0 amide bonds. The summed E-state index contributed by atoms with van der Waals surface area (Å²) in [6.45, 7) is 2.01. The normalized spacial score (nSPS) is 24.7. The summed E-state index contributed by atoms with van der Waals surface area (Å²) in [5.41, 5.74) is 10.3. The third-order valence-electron chi connectivity index (χ3n) is 1.36. The fourth-order valence-corrected chi connectivity index (χ4v) is 0.845. The van der Waals surface area contributed by atoms with Gasteiger partial charge in [-0.2, -0.15) is 0 Å². The monoisotopic (exact) mass is 148 g/mol. The van der Waals surface area contributed by atoms with E-state index in [1.165, 1.54) is 0 Å². The molecular formula is C9H12N2. The van der Waals surface area contributed by atoms with Crippen molar-refractivity contribution in [3.8, 4) is 0 Å². The molecule has 0 spiro atoms. The first-order valence-corrected chi connectivity index (χ1v) is 3.49. The van der Waals surface area contributed by atoms with E-state index in [2.05, 4.69) is 5.73 Å². The molecule has 0 unspecified atom stereocenters. The van der Waals surface area contributed by atoms with Crippen LogP contribution in [0.25, 0.3) is 0 Å². The van der Waals surface area contributed by atoms with Crippen LogP contribution in [0.3, 0.4) is 0 Å². The summed E-state index contributed by atoms with van der Waals surface area (Å²) in [5, 5.41) is 0. The Hall–Kier alpha value is -1.40. The highest BCUT2D eigenvalue weighted by atomic mass is 15.0. The van der Waals surface area contributed by atoms with E-state index < -0.39 is 0 Å². The van der Waals surface area contributed by atoms with Crippen molar-refractivity contribution in [3.63, 3.8) is 0 Å². The van der Waals surface area contributed by atoms with Gasteiger partial charge >= 0.3 is 0 Å². The average molecular weight is 148 g/mol. The van der Waals surface area contributed by atoms with Gasteiger partial charge < -0.3 is 10.6 Å². The zero-order valence-corrected chi connectivity index (χ0v) is 6.83. The van der Waals surface area contributed by atoms with Crippen LogP contribution < -0.4 is 5.73 Å². The number of rotatable bonds is 0. The molecule has 0 atom stereocenters. The molecule has 11 heavy (non-hydrogen) atoms. The maximum atomic E-state index is 5.56. The summed E-state index contributed by atoms with van der Waals surface area (Å²) in [5.74, 6) is 0. The molecule has 0 aromatic carbocycles. The average Bonchev–Trinajstić information content (AvgIpc) is 1.95. The van der Waals surface area contributed by atoms with Crippen molar-refractivity contribution >= 4 is 0 Å². The van der Waals surface area contributed by atoms with Gasteiger partial charge in [-0.3, -0.25) is 0 Å². The zero-order valence-electron chi connectivity index (χ0n) is 6.83. The van der Waals surface area contributed by atoms with Crippen LogP contribution in [0.4, 0.5) is 0 Å². The Balaban J connectivity index is 3.00. The predicted octanol–water partition coefficient (Wildman–Crippen LogP) is 1.35. The summed E-state index contributed by atoms with van der Waals surface area (Å²) >= 11 is 0. The van der Waals surface area contributed by atoms with E-state index in [0.717, 1.165) is 5.57 Å². The maximum Gasteiger partial charge on any atom is 0.0762 e. The topological polar surface area (TPSA) is 29.3 Å². The third-order valence-corrected chi connectivity index (χ3v) is 1.36. The number of nitrogens with two attached hydrogens (primary N) is 1. The lowest BCUT2D eigenvalue weighted by Crippen LogP contribution is -2.03. The first-order valence-electron chi connectivity index (χ1n) is 3.49. The van der Waals surface area contributed by atoms with Gasteiger partial charge in [-0.05, 0) is 24.6 Å². The predicted molar refractivity (Wildman–Crippen MR) is 46.4 cm³/mol. The van der Waals surface area contributed by atoms with Crippen LogP contribution in [0.5, 0.6) is 0 Å². The Bertz CT molecular complexity index is 265. The fraction of sp³-hybridized carbons (Fsp3) is 0.222. The van der Waals surface area contributed by atoms with Gasteiger partial charge in [-0.1, -0.05) is 5.73 Å². The van der Waals surface area contributed by atoms with E-state index in [9.17, 15) is 0 Å². The first-order chi connectivity index (χ1) is 5.18. The number of nitrogens with zero attached hydrogens (tertiary/aromatic N) is 1. The van der Waals surface area contributed by atoms with E-state index in [0.29, 0.717) is 5.70 Å². The van der Waals surface area contributed by atoms with E-state index in [1.807, 2.05) is 43.4 Å². The Labute approximate surface area is 67.0 Å². The summed E-state index contributed by atoms with van der Waals surface area (Å²) in [6, 6.07) is 0. The molecule has 0 fully saturated rings. The lowest BCUT2D eigenvalue weighted by atomic mass is 10.3. The van der Waals surface area contributed by atoms with Gasteiger partial charge in [0.05, 0.1) is 5.70 Å². The van der Waals surface area contributed by atoms with E-state index >= 15 is 0 Å². The molecule has 2 nitrogen and oxygen atoms in total. The molecule has 0 aliphatic carbocycles. The molecule has 0 bridgehead atoms. The van der Waals surface area contributed by atoms with Crippen LogP contribution in [-0.2, 0) is 0 Å². The standard InChI is InChI=1S/C9H12N2/c1-8-3-4-9(10)5-6-11(2)7-8/h3,5-7H,10H2,1-2H3/b6-5-,8-7-. The Morgan fingerprint density at radius 3 is 3.00 bits per heavy atom. The van der Waals surface area contributed by atoms with Crippen LogP contribution in [-0.4, -0.2) is 11.9 Å². The molecule has 1 rings (SSSR count). The van der Waals surface area contributed by atoms with Crippen LogP contribution in [0.15, 0.2) is 41.6 Å². The minimum Gasteiger partial charge on any atom is -0.392 e. The van der Waals surface area contributed by atoms with Gasteiger partial charge in [0.25, 0.3) is 0 Å². The van der Waals surface area contributed by atoms with Crippen molar-refractivity contribution in [1.29, 1.82) is 0 Å². The quantitative estimate of drug-likeness (QED) is 0.525. The smallest absolute Gasteiger partial charge is 0.0762 e. The molecule has 58 valence electrons. The molecule has 0 saturated carbocycles. The molecule has 0 aromatic rings. The molecule has 1 aliphatic heterocycles. The number of hydrogen-bond donors (Lipinski definition) is 1. The molecule has 1 heterocycles. The second-order valence-electron chi connectivity index (χ2n) is 2.60. The van der Waals surface area contributed by atoms with Crippen molar-refractivity contribution in [2.24, 2.45) is 5.73 Å². The molecule has 0 aromatic heterocycles. The van der Waals surface area contributed by atoms with Gasteiger partial charge in [0.1, 0.15) is 0 Å². The lowest BCUT2D eigenvalue weighted by Gasteiger charge is -2.08. The van der Waals surface area contributed by atoms with Crippen molar-refractivity contribution in [3.05, 3.63) is 41.6 Å². The summed E-state index contributed by atoms with van der Waals surface area (Å²) in [4.78, 5) is 1.96. The molecule has 1 aliphatic rings. The van der Waals surface area contributed by atoms with Gasteiger partial charge in [-0.15, -0.1) is 0 Å². The van der Waals surface area contributed by atoms with Crippen molar-refractivity contribution < 1.29 is 0 Å². The minimum atomic E-state index is 0.657. The Morgan fingerprint density at radius 2 is 2.27 bits per heavy atom. The lowest BCUT2D eigenvalue weighted by molar-refractivity contribution is 0.620. The second-order valence-corrected chi connectivity index (χ2v) is 2.60. The van der Waals surface area contributed by atoms with Gasteiger partial charge in [0.2, 0.25) is 0 Å². The fourth-order valence-electron chi connectivity index (χ4n) is 0.845. The number of allylic oxidation sites excluding steroid dienone is 2. The van der Waals surface area contributed by atoms with Crippen LogP contribution in [0.1, 0.15) is 6.92 Å². The molecule has 2 N–H and O–H groups in total. The minimum absolute atomic E-state index is 0.657. The van der Waals surface area contributed by atoms with E-state index in [-0.39, 0.29) is 0 Å². The summed E-state index contributed by atoms with van der Waals surface area (Å²) in [7, 11) is 1.96. The highest BCUT2D eigenvalue weighted by Crippen LogP contribution is 2.01. The molecule has 0 saturated heterocycles. The molecule has 0 radical (unpaired) electrons. The van der Waals surface area contributed by atoms with Crippen LogP contribution >= 0.6 is 0 Å². The third kappa shape index (κ3) is 2.36. The zero-order chi connectivity index (χ0) is 8.27. The second kappa shape index (κ2) is 3.13. The Kier molecular flexibility index (Phi) is 2.19.